The van der Waals surface area contributed by atoms with Gasteiger partial charge in [0.15, 0.2) is 11.5 Å². The summed E-state index contributed by atoms with van der Waals surface area (Å²) in [6.45, 7) is 4.04. The molecule has 1 atom stereocenters. The van der Waals surface area contributed by atoms with Gasteiger partial charge in [-0.15, -0.1) is 0 Å². The number of oxime groups is 1. The maximum atomic E-state index is 12.9. The number of hydrogen-bond donors (Lipinski definition) is 0. The lowest BCUT2D eigenvalue weighted by atomic mass is 10.0. The number of benzene rings is 2. The van der Waals surface area contributed by atoms with E-state index in [9.17, 15) is 4.79 Å². The first-order valence-electron chi connectivity index (χ1n) is 10.2. The first-order chi connectivity index (χ1) is 14.7. The molecular weight excluding hydrogens is 382 g/mol. The van der Waals surface area contributed by atoms with Crippen LogP contribution < -0.4 is 9.47 Å². The molecule has 4 rings (SSSR count). The molecule has 158 valence electrons. The molecule has 30 heavy (non-hydrogen) atoms. The standard InChI is InChI=1S/C23H27N3O4/c1-28-20-9-8-18(14-21(20)29-2)19-15-22(30-24-19)23(27)26-12-10-25(11-13-26)16-17-6-4-3-5-7-17/h3-9,14,22H,10-13,15-16H2,1-2H3/t22-/m0/s1. The molecule has 0 N–H and O–H groups in total. The minimum absolute atomic E-state index is 0.00795. The summed E-state index contributed by atoms with van der Waals surface area (Å²) < 4.78 is 10.6. The highest BCUT2D eigenvalue weighted by Crippen LogP contribution is 2.29. The van der Waals surface area contributed by atoms with Crippen molar-refractivity contribution in [3.05, 3.63) is 59.7 Å². The van der Waals surface area contributed by atoms with Crippen molar-refractivity contribution in [1.82, 2.24) is 9.80 Å². The second-order valence-corrected chi connectivity index (χ2v) is 7.49. The molecule has 2 aliphatic heterocycles. The van der Waals surface area contributed by atoms with E-state index < -0.39 is 6.10 Å². The van der Waals surface area contributed by atoms with E-state index in [0.717, 1.165) is 30.9 Å². The van der Waals surface area contributed by atoms with Gasteiger partial charge in [-0.05, 0) is 23.8 Å². The third-order valence-electron chi connectivity index (χ3n) is 5.59. The van der Waals surface area contributed by atoms with E-state index in [2.05, 4.69) is 34.3 Å². The van der Waals surface area contributed by atoms with E-state index in [-0.39, 0.29) is 5.91 Å². The van der Waals surface area contributed by atoms with Gasteiger partial charge in [0.1, 0.15) is 0 Å². The van der Waals surface area contributed by atoms with E-state index in [0.29, 0.717) is 31.0 Å². The molecule has 2 aliphatic rings. The smallest absolute Gasteiger partial charge is 0.266 e. The third kappa shape index (κ3) is 4.41. The minimum Gasteiger partial charge on any atom is -0.493 e. The third-order valence-corrected chi connectivity index (χ3v) is 5.59. The van der Waals surface area contributed by atoms with Gasteiger partial charge in [0.2, 0.25) is 6.10 Å². The Morgan fingerprint density at radius 2 is 1.77 bits per heavy atom. The van der Waals surface area contributed by atoms with Crippen LogP contribution in [0, 0.1) is 0 Å². The summed E-state index contributed by atoms with van der Waals surface area (Å²) in [5, 5.41) is 4.17. The van der Waals surface area contributed by atoms with Gasteiger partial charge in [0, 0.05) is 44.7 Å². The van der Waals surface area contributed by atoms with Crippen molar-refractivity contribution in [3.8, 4) is 11.5 Å². The van der Waals surface area contributed by atoms with Crippen molar-refractivity contribution in [2.45, 2.75) is 19.1 Å². The molecule has 7 heteroatoms. The van der Waals surface area contributed by atoms with Gasteiger partial charge < -0.3 is 19.2 Å². The van der Waals surface area contributed by atoms with Crippen molar-refractivity contribution in [1.29, 1.82) is 0 Å². The Balaban J connectivity index is 1.31. The van der Waals surface area contributed by atoms with Crippen LogP contribution in [0.25, 0.3) is 0 Å². The van der Waals surface area contributed by atoms with Crippen molar-refractivity contribution >= 4 is 11.6 Å². The van der Waals surface area contributed by atoms with Crippen molar-refractivity contribution < 1.29 is 19.1 Å². The quantitative estimate of drug-likeness (QED) is 0.734. The van der Waals surface area contributed by atoms with E-state index in [1.54, 1.807) is 14.2 Å². The van der Waals surface area contributed by atoms with Crippen LogP contribution >= 0.6 is 0 Å². The Morgan fingerprint density at radius 3 is 2.47 bits per heavy atom. The first kappa shape index (κ1) is 20.2. The molecule has 0 spiro atoms. The Morgan fingerprint density at radius 1 is 1.03 bits per heavy atom. The number of hydrogen-bond acceptors (Lipinski definition) is 6. The molecule has 1 amide bonds. The predicted octanol–water partition coefficient (Wildman–Crippen LogP) is 2.54. The Bertz CT molecular complexity index is 908. The zero-order chi connectivity index (χ0) is 20.9. The summed E-state index contributed by atoms with van der Waals surface area (Å²) in [5.41, 5.74) is 2.91. The van der Waals surface area contributed by atoms with Crippen LogP contribution in [0.15, 0.2) is 53.7 Å². The van der Waals surface area contributed by atoms with Crippen LogP contribution in [0.2, 0.25) is 0 Å². The Kier molecular flexibility index (Phi) is 6.18. The normalized spacial score (nSPS) is 19.2. The van der Waals surface area contributed by atoms with Crippen molar-refractivity contribution in [3.63, 3.8) is 0 Å². The zero-order valence-electron chi connectivity index (χ0n) is 17.4. The van der Waals surface area contributed by atoms with Crippen LogP contribution in [0.1, 0.15) is 17.5 Å². The highest BCUT2D eigenvalue weighted by atomic mass is 16.6. The summed E-state index contributed by atoms with van der Waals surface area (Å²) in [6, 6.07) is 16.0. The second kappa shape index (κ2) is 9.17. The van der Waals surface area contributed by atoms with Gasteiger partial charge in [-0.25, -0.2) is 0 Å². The first-order valence-corrected chi connectivity index (χ1v) is 10.2. The van der Waals surface area contributed by atoms with E-state index >= 15 is 0 Å². The number of methoxy groups -OCH3 is 2. The minimum atomic E-state index is -0.561. The average Bonchev–Trinajstić information content (AvgIpc) is 3.29. The number of rotatable bonds is 6. The number of ether oxygens (including phenoxy) is 2. The Labute approximate surface area is 176 Å². The SMILES string of the molecule is COc1ccc(C2=NO[C@H](C(=O)N3CCN(Cc4ccccc4)CC3)C2)cc1OC. The summed E-state index contributed by atoms with van der Waals surface area (Å²) >= 11 is 0. The highest BCUT2D eigenvalue weighted by molar-refractivity contribution is 6.04. The van der Waals surface area contributed by atoms with Crippen molar-refractivity contribution in [2.75, 3.05) is 40.4 Å². The van der Waals surface area contributed by atoms with Crippen LogP contribution in [0.4, 0.5) is 0 Å². The molecule has 0 aromatic heterocycles. The van der Waals surface area contributed by atoms with Gasteiger partial charge in [-0.1, -0.05) is 35.5 Å². The van der Waals surface area contributed by atoms with Gasteiger partial charge in [-0.2, -0.15) is 0 Å². The van der Waals surface area contributed by atoms with Gasteiger partial charge in [0.05, 0.1) is 19.9 Å². The van der Waals surface area contributed by atoms with Crippen LogP contribution in [0.3, 0.4) is 0 Å². The Hall–Kier alpha value is -3.06. The molecule has 1 fully saturated rings. The lowest BCUT2D eigenvalue weighted by Gasteiger charge is -2.35. The average molecular weight is 409 g/mol. The van der Waals surface area contributed by atoms with E-state index in [4.69, 9.17) is 14.3 Å². The molecule has 0 bridgehead atoms. The molecular formula is C23H27N3O4. The molecule has 0 saturated carbocycles. The molecule has 2 aromatic carbocycles. The van der Waals surface area contributed by atoms with E-state index in [1.165, 1.54) is 5.56 Å². The van der Waals surface area contributed by atoms with E-state index in [1.807, 2.05) is 29.2 Å². The van der Waals surface area contributed by atoms with Crippen LogP contribution in [-0.4, -0.2) is 67.9 Å². The number of carbonyl (C=O) groups excluding carboxylic acids is 1. The van der Waals surface area contributed by atoms with Crippen LogP contribution in [-0.2, 0) is 16.2 Å². The zero-order valence-corrected chi connectivity index (χ0v) is 17.4. The van der Waals surface area contributed by atoms with Gasteiger partial charge in [0.25, 0.3) is 5.91 Å². The maximum absolute atomic E-state index is 12.9. The lowest BCUT2D eigenvalue weighted by Crippen LogP contribution is -2.51. The number of piperazine rings is 1. The summed E-state index contributed by atoms with van der Waals surface area (Å²) in [6.07, 6.45) is -0.104. The molecule has 0 aliphatic carbocycles. The summed E-state index contributed by atoms with van der Waals surface area (Å²) in [5.74, 6) is 1.29. The summed E-state index contributed by atoms with van der Waals surface area (Å²) in [7, 11) is 3.19. The molecule has 0 unspecified atom stereocenters. The number of amides is 1. The maximum Gasteiger partial charge on any atom is 0.266 e. The van der Waals surface area contributed by atoms with Crippen LogP contribution in [0.5, 0.6) is 11.5 Å². The largest absolute Gasteiger partial charge is 0.493 e. The molecule has 2 aromatic rings. The fourth-order valence-electron chi connectivity index (χ4n) is 3.87. The predicted molar refractivity (Wildman–Crippen MR) is 114 cm³/mol. The molecule has 2 heterocycles. The molecule has 7 nitrogen and oxygen atoms in total. The monoisotopic (exact) mass is 409 g/mol. The fourth-order valence-corrected chi connectivity index (χ4v) is 3.87. The lowest BCUT2D eigenvalue weighted by molar-refractivity contribution is -0.143. The number of carbonyl (C=O) groups is 1. The van der Waals surface area contributed by atoms with Gasteiger partial charge in [-0.3, -0.25) is 9.69 Å². The second-order valence-electron chi connectivity index (χ2n) is 7.49. The summed E-state index contributed by atoms with van der Waals surface area (Å²) in [4.78, 5) is 22.7. The molecule has 0 radical (unpaired) electrons. The fraction of sp³-hybridized carbons (Fsp3) is 0.391. The topological polar surface area (TPSA) is 63.6 Å². The van der Waals surface area contributed by atoms with Gasteiger partial charge >= 0.3 is 0 Å². The molecule has 1 saturated heterocycles. The number of nitrogens with zero attached hydrogens (tertiary/aromatic N) is 3. The van der Waals surface area contributed by atoms with Crippen molar-refractivity contribution in [2.24, 2.45) is 5.16 Å². The highest BCUT2D eigenvalue weighted by Gasteiger charge is 2.34.